The minimum absolute atomic E-state index is 0.00163. The molecule has 2 bridgehead atoms. The Morgan fingerprint density at radius 2 is 1.83 bits per heavy atom. The van der Waals surface area contributed by atoms with Gasteiger partial charge in [-0.25, -0.2) is 0 Å². The summed E-state index contributed by atoms with van der Waals surface area (Å²) < 4.78 is 5.14. The standard InChI is InChI=1S/C15H27NO2/c1-5-18-14(17)6-13-11-7-15(2,3)8-12(13)10-16(4)9-11/h11-13H,5-10H2,1-4H3. The van der Waals surface area contributed by atoms with E-state index in [1.807, 2.05) is 6.92 Å². The molecule has 0 amide bonds. The predicted molar refractivity (Wildman–Crippen MR) is 72.2 cm³/mol. The largest absolute Gasteiger partial charge is 0.466 e. The molecule has 2 aliphatic rings. The quantitative estimate of drug-likeness (QED) is 0.724. The van der Waals surface area contributed by atoms with Gasteiger partial charge in [0, 0.05) is 19.5 Å². The molecule has 0 aromatic heterocycles. The maximum Gasteiger partial charge on any atom is 0.306 e. The second-order valence-electron chi connectivity index (χ2n) is 6.99. The van der Waals surface area contributed by atoms with E-state index < -0.39 is 0 Å². The van der Waals surface area contributed by atoms with Crippen molar-refractivity contribution in [2.24, 2.45) is 23.2 Å². The van der Waals surface area contributed by atoms with Gasteiger partial charge in [-0.3, -0.25) is 4.79 Å². The topological polar surface area (TPSA) is 29.5 Å². The lowest BCUT2D eigenvalue weighted by Gasteiger charge is -2.51. The number of carbonyl (C=O) groups excluding carboxylic acids is 1. The molecule has 2 unspecified atom stereocenters. The van der Waals surface area contributed by atoms with E-state index in [-0.39, 0.29) is 5.97 Å². The van der Waals surface area contributed by atoms with Crippen LogP contribution in [0.3, 0.4) is 0 Å². The number of carbonyl (C=O) groups is 1. The Hall–Kier alpha value is -0.570. The molecule has 18 heavy (non-hydrogen) atoms. The van der Waals surface area contributed by atoms with E-state index in [0.29, 0.717) is 36.2 Å². The highest BCUT2D eigenvalue weighted by Gasteiger charge is 2.45. The summed E-state index contributed by atoms with van der Waals surface area (Å²) in [6.45, 7) is 9.43. The summed E-state index contributed by atoms with van der Waals surface area (Å²) in [5, 5.41) is 0. The van der Waals surface area contributed by atoms with Gasteiger partial charge in [0.1, 0.15) is 0 Å². The molecule has 3 heteroatoms. The van der Waals surface area contributed by atoms with Gasteiger partial charge in [-0.15, -0.1) is 0 Å². The summed E-state index contributed by atoms with van der Waals surface area (Å²) in [4.78, 5) is 14.2. The summed E-state index contributed by atoms with van der Waals surface area (Å²) in [6.07, 6.45) is 3.13. The van der Waals surface area contributed by atoms with Gasteiger partial charge < -0.3 is 9.64 Å². The zero-order chi connectivity index (χ0) is 13.3. The van der Waals surface area contributed by atoms with Crippen LogP contribution in [0.15, 0.2) is 0 Å². The van der Waals surface area contributed by atoms with Crippen molar-refractivity contribution in [3.05, 3.63) is 0 Å². The van der Waals surface area contributed by atoms with Crippen molar-refractivity contribution in [3.63, 3.8) is 0 Å². The van der Waals surface area contributed by atoms with Gasteiger partial charge in [0.25, 0.3) is 0 Å². The number of nitrogens with zero attached hydrogens (tertiary/aromatic N) is 1. The lowest BCUT2D eigenvalue weighted by molar-refractivity contribution is -0.147. The molecule has 104 valence electrons. The van der Waals surface area contributed by atoms with Gasteiger partial charge in [0.15, 0.2) is 0 Å². The first kappa shape index (κ1) is 13.9. The van der Waals surface area contributed by atoms with E-state index in [9.17, 15) is 4.79 Å². The van der Waals surface area contributed by atoms with Crippen LogP contribution < -0.4 is 0 Å². The third-order valence-electron chi connectivity index (χ3n) is 4.64. The minimum Gasteiger partial charge on any atom is -0.466 e. The fourth-order valence-electron chi connectivity index (χ4n) is 4.21. The molecule has 1 saturated carbocycles. The first-order chi connectivity index (χ1) is 8.41. The van der Waals surface area contributed by atoms with E-state index in [0.717, 1.165) is 13.1 Å². The van der Waals surface area contributed by atoms with Gasteiger partial charge in [-0.2, -0.15) is 0 Å². The Morgan fingerprint density at radius 3 is 2.33 bits per heavy atom. The van der Waals surface area contributed by atoms with Crippen LogP contribution in [0, 0.1) is 23.2 Å². The molecule has 0 radical (unpaired) electrons. The molecule has 0 aromatic rings. The fourth-order valence-corrected chi connectivity index (χ4v) is 4.21. The van der Waals surface area contributed by atoms with Crippen LogP contribution in [0.4, 0.5) is 0 Å². The lowest BCUT2D eigenvalue weighted by Crippen LogP contribution is -2.51. The minimum atomic E-state index is 0.00163. The van der Waals surface area contributed by atoms with E-state index in [1.165, 1.54) is 12.8 Å². The van der Waals surface area contributed by atoms with Crippen LogP contribution in [0.1, 0.15) is 40.0 Å². The molecule has 2 atom stereocenters. The number of fused-ring (bicyclic) bond motifs is 2. The summed E-state index contributed by atoms with van der Waals surface area (Å²) in [5.41, 5.74) is 0.446. The number of piperidine rings is 1. The maximum atomic E-state index is 11.7. The second kappa shape index (κ2) is 5.20. The molecule has 2 rings (SSSR count). The Kier molecular flexibility index (Phi) is 4.00. The van der Waals surface area contributed by atoms with Crippen molar-refractivity contribution < 1.29 is 9.53 Å². The maximum absolute atomic E-state index is 11.7. The Morgan fingerprint density at radius 1 is 1.28 bits per heavy atom. The molecule has 3 nitrogen and oxygen atoms in total. The highest BCUT2D eigenvalue weighted by atomic mass is 16.5. The molecule has 2 fully saturated rings. The van der Waals surface area contributed by atoms with Crippen molar-refractivity contribution >= 4 is 5.97 Å². The monoisotopic (exact) mass is 253 g/mol. The first-order valence-electron chi connectivity index (χ1n) is 7.25. The number of hydrogen-bond acceptors (Lipinski definition) is 3. The number of rotatable bonds is 3. The van der Waals surface area contributed by atoms with Crippen LogP contribution in [-0.2, 0) is 9.53 Å². The van der Waals surface area contributed by atoms with Gasteiger partial charge in [-0.05, 0) is 50.0 Å². The highest BCUT2D eigenvalue weighted by molar-refractivity contribution is 5.69. The third kappa shape index (κ3) is 3.05. The molecule has 0 spiro atoms. The number of likely N-dealkylation sites (tertiary alicyclic amines) is 1. The Labute approximate surface area is 111 Å². The van der Waals surface area contributed by atoms with Crippen LogP contribution in [0.5, 0.6) is 0 Å². The number of ether oxygens (including phenoxy) is 1. The average Bonchev–Trinajstić information content (AvgIpc) is 2.20. The van der Waals surface area contributed by atoms with Crippen LogP contribution >= 0.6 is 0 Å². The van der Waals surface area contributed by atoms with Crippen molar-refractivity contribution in [1.82, 2.24) is 4.90 Å². The summed E-state index contributed by atoms with van der Waals surface area (Å²) in [5.74, 6) is 1.89. The van der Waals surface area contributed by atoms with E-state index in [2.05, 4.69) is 25.8 Å². The van der Waals surface area contributed by atoms with Gasteiger partial charge >= 0.3 is 5.97 Å². The van der Waals surface area contributed by atoms with E-state index >= 15 is 0 Å². The smallest absolute Gasteiger partial charge is 0.306 e. The molecular formula is C15H27NO2. The molecule has 1 aliphatic heterocycles. The van der Waals surface area contributed by atoms with Crippen molar-refractivity contribution in [2.45, 2.75) is 40.0 Å². The summed E-state index contributed by atoms with van der Waals surface area (Å²) in [7, 11) is 2.21. The molecule has 1 saturated heterocycles. The fraction of sp³-hybridized carbons (Fsp3) is 0.933. The van der Waals surface area contributed by atoms with Crippen molar-refractivity contribution in [3.8, 4) is 0 Å². The molecule has 1 aliphatic carbocycles. The van der Waals surface area contributed by atoms with Crippen LogP contribution in [0.2, 0.25) is 0 Å². The average molecular weight is 253 g/mol. The molecule has 0 N–H and O–H groups in total. The van der Waals surface area contributed by atoms with Crippen molar-refractivity contribution in [2.75, 3.05) is 26.7 Å². The Balaban J connectivity index is 2.05. The first-order valence-corrected chi connectivity index (χ1v) is 7.25. The van der Waals surface area contributed by atoms with Gasteiger partial charge in [-0.1, -0.05) is 13.8 Å². The number of hydrogen-bond donors (Lipinski definition) is 0. The van der Waals surface area contributed by atoms with E-state index in [4.69, 9.17) is 4.74 Å². The highest BCUT2D eigenvalue weighted by Crippen LogP contribution is 2.49. The molecular weight excluding hydrogens is 226 g/mol. The zero-order valence-corrected chi connectivity index (χ0v) is 12.2. The lowest BCUT2D eigenvalue weighted by atomic mass is 9.59. The zero-order valence-electron chi connectivity index (χ0n) is 12.2. The van der Waals surface area contributed by atoms with Crippen LogP contribution in [-0.4, -0.2) is 37.6 Å². The summed E-state index contributed by atoms with van der Waals surface area (Å²) >= 11 is 0. The second-order valence-corrected chi connectivity index (χ2v) is 6.99. The SMILES string of the molecule is CCOC(=O)CC1C2CN(C)CC1CC(C)(C)C2. The van der Waals surface area contributed by atoms with E-state index in [1.54, 1.807) is 0 Å². The van der Waals surface area contributed by atoms with Crippen LogP contribution in [0.25, 0.3) is 0 Å². The van der Waals surface area contributed by atoms with Gasteiger partial charge in [0.05, 0.1) is 6.61 Å². The molecule has 1 heterocycles. The van der Waals surface area contributed by atoms with Gasteiger partial charge in [0.2, 0.25) is 0 Å². The Bertz CT molecular complexity index is 296. The molecule has 0 aromatic carbocycles. The normalized spacial score (nSPS) is 35.2. The third-order valence-corrected chi connectivity index (χ3v) is 4.64. The number of esters is 1. The predicted octanol–water partition coefficient (Wildman–Crippen LogP) is 2.55. The van der Waals surface area contributed by atoms with Crippen molar-refractivity contribution in [1.29, 1.82) is 0 Å². The summed E-state index contributed by atoms with van der Waals surface area (Å²) in [6, 6.07) is 0.